The molecule has 14 heavy (non-hydrogen) atoms. The van der Waals surface area contributed by atoms with Gasteiger partial charge in [-0.25, -0.2) is 0 Å². The van der Waals surface area contributed by atoms with Crippen LogP contribution >= 0.6 is 0 Å². The zero-order chi connectivity index (χ0) is 11.4. The van der Waals surface area contributed by atoms with Gasteiger partial charge in [-0.1, -0.05) is 0 Å². The molecule has 0 heterocycles. The van der Waals surface area contributed by atoms with Gasteiger partial charge in [0.05, 0.1) is 0 Å². The molecule has 0 rings (SSSR count). The van der Waals surface area contributed by atoms with Crippen molar-refractivity contribution in [3.8, 4) is 0 Å². The molecule has 0 spiro atoms. The number of hydrogen-bond acceptors (Lipinski definition) is 3. The first-order valence-electron chi connectivity index (χ1n) is 5.43. The molecule has 0 aliphatic heterocycles. The normalized spacial score (nSPS) is 13.7. The fourth-order valence-corrected chi connectivity index (χ4v) is 1.26. The van der Waals surface area contributed by atoms with Gasteiger partial charge in [0.1, 0.15) is 0 Å². The van der Waals surface area contributed by atoms with Crippen LogP contribution in [0.25, 0.3) is 0 Å². The molecule has 0 aromatic rings. The van der Waals surface area contributed by atoms with Gasteiger partial charge in [0.15, 0.2) is 0 Å². The summed E-state index contributed by atoms with van der Waals surface area (Å²) in [7, 11) is 0. The van der Waals surface area contributed by atoms with E-state index >= 15 is 0 Å². The largest absolute Gasteiger partial charge is 0.328 e. The van der Waals surface area contributed by atoms with Crippen molar-refractivity contribution >= 4 is 0 Å². The zero-order valence-corrected chi connectivity index (χ0v) is 10.1. The predicted molar refractivity (Wildman–Crippen MR) is 63.0 cm³/mol. The minimum Gasteiger partial charge on any atom is -0.328 e. The van der Waals surface area contributed by atoms with Crippen molar-refractivity contribution in [2.45, 2.75) is 70.5 Å². The van der Waals surface area contributed by atoms with E-state index in [1.807, 2.05) is 27.7 Å². The Morgan fingerprint density at radius 2 is 1.14 bits per heavy atom. The van der Waals surface area contributed by atoms with Gasteiger partial charge in [0.2, 0.25) is 0 Å². The molecule has 0 aromatic heterocycles. The maximum atomic E-state index is 5.98. The molecule has 0 amide bonds. The lowest BCUT2D eigenvalue weighted by Gasteiger charge is -2.23. The SMILES string of the molecule is CC(C)(N)CCC(N)CCC(C)(C)N. The molecule has 0 radical (unpaired) electrons. The second-order valence-corrected chi connectivity index (χ2v) is 5.81. The smallest absolute Gasteiger partial charge is 0.00976 e. The van der Waals surface area contributed by atoms with E-state index in [4.69, 9.17) is 17.2 Å². The van der Waals surface area contributed by atoms with Gasteiger partial charge in [-0.05, 0) is 53.4 Å². The Labute approximate surface area is 88.4 Å². The van der Waals surface area contributed by atoms with Gasteiger partial charge in [-0.15, -0.1) is 0 Å². The summed E-state index contributed by atoms with van der Waals surface area (Å²) in [6.45, 7) is 8.14. The van der Waals surface area contributed by atoms with Crippen molar-refractivity contribution in [2.75, 3.05) is 0 Å². The zero-order valence-electron chi connectivity index (χ0n) is 10.1. The van der Waals surface area contributed by atoms with Gasteiger partial charge < -0.3 is 17.2 Å². The number of hydrogen-bond donors (Lipinski definition) is 3. The van der Waals surface area contributed by atoms with E-state index in [-0.39, 0.29) is 17.1 Å². The second kappa shape index (κ2) is 5.10. The van der Waals surface area contributed by atoms with Crippen molar-refractivity contribution in [3.63, 3.8) is 0 Å². The van der Waals surface area contributed by atoms with Crippen LogP contribution in [0.5, 0.6) is 0 Å². The van der Waals surface area contributed by atoms with Crippen LogP contribution in [0.2, 0.25) is 0 Å². The van der Waals surface area contributed by atoms with Crippen molar-refractivity contribution in [3.05, 3.63) is 0 Å². The van der Waals surface area contributed by atoms with Crippen LogP contribution in [0.15, 0.2) is 0 Å². The molecule has 3 nitrogen and oxygen atoms in total. The second-order valence-electron chi connectivity index (χ2n) is 5.81. The first-order chi connectivity index (χ1) is 6.10. The summed E-state index contributed by atoms with van der Waals surface area (Å²) in [5, 5.41) is 0. The fourth-order valence-electron chi connectivity index (χ4n) is 1.26. The molecule has 0 fully saturated rings. The molecule has 0 bridgehead atoms. The molecule has 0 saturated heterocycles. The Hall–Kier alpha value is -0.120. The molecule has 86 valence electrons. The Morgan fingerprint density at radius 1 is 0.857 bits per heavy atom. The van der Waals surface area contributed by atoms with Gasteiger partial charge >= 0.3 is 0 Å². The summed E-state index contributed by atoms with van der Waals surface area (Å²) in [5.74, 6) is 0. The van der Waals surface area contributed by atoms with Gasteiger partial charge in [0.25, 0.3) is 0 Å². The third kappa shape index (κ3) is 9.96. The lowest BCUT2D eigenvalue weighted by molar-refractivity contribution is 0.383. The van der Waals surface area contributed by atoms with Crippen molar-refractivity contribution in [1.29, 1.82) is 0 Å². The summed E-state index contributed by atoms with van der Waals surface area (Å²) < 4.78 is 0. The summed E-state index contributed by atoms with van der Waals surface area (Å²) >= 11 is 0. The molecule has 3 heteroatoms. The minimum atomic E-state index is -0.101. The van der Waals surface area contributed by atoms with Crippen molar-refractivity contribution in [1.82, 2.24) is 0 Å². The van der Waals surface area contributed by atoms with E-state index in [0.29, 0.717) is 0 Å². The van der Waals surface area contributed by atoms with Crippen LogP contribution in [-0.2, 0) is 0 Å². The average molecular weight is 201 g/mol. The Morgan fingerprint density at radius 3 is 1.36 bits per heavy atom. The van der Waals surface area contributed by atoms with Crippen LogP contribution in [0.1, 0.15) is 53.4 Å². The molecule has 0 aliphatic rings. The molecular formula is C11H27N3. The van der Waals surface area contributed by atoms with E-state index in [1.165, 1.54) is 0 Å². The standard InChI is InChI=1S/C11H27N3/c1-10(2,13)7-5-9(12)6-8-11(3,4)14/h9H,5-8,12-14H2,1-4H3. The highest BCUT2D eigenvalue weighted by atomic mass is 14.7. The molecule has 0 atom stereocenters. The lowest BCUT2D eigenvalue weighted by Crippen LogP contribution is -2.37. The van der Waals surface area contributed by atoms with Crippen molar-refractivity contribution in [2.24, 2.45) is 17.2 Å². The summed E-state index contributed by atoms with van der Waals surface area (Å²) in [5.41, 5.74) is 17.5. The molecule has 0 aliphatic carbocycles. The highest BCUT2D eigenvalue weighted by Gasteiger charge is 2.16. The number of nitrogens with two attached hydrogens (primary N) is 3. The van der Waals surface area contributed by atoms with Gasteiger partial charge in [0, 0.05) is 17.1 Å². The van der Waals surface area contributed by atoms with E-state index in [0.717, 1.165) is 25.7 Å². The lowest BCUT2D eigenvalue weighted by atomic mass is 9.92. The molecule has 6 N–H and O–H groups in total. The van der Waals surface area contributed by atoms with Crippen LogP contribution in [0, 0.1) is 0 Å². The molecule has 0 saturated carbocycles. The summed E-state index contributed by atoms with van der Waals surface area (Å²) in [4.78, 5) is 0. The quantitative estimate of drug-likeness (QED) is 0.607. The summed E-state index contributed by atoms with van der Waals surface area (Å²) in [6, 6.07) is 0.237. The van der Waals surface area contributed by atoms with E-state index in [1.54, 1.807) is 0 Å². The molecule has 0 aromatic carbocycles. The first-order valence-corrected chi connectivity index (χ1v) is 5.43. The fraction of sp³-hybridized carbons (Fsp3) is 1.00. The van der Waals surface area contributed by atoms with E-state index < -0.39 is 0 Å². The monoisotopic (exact) mass is 201 g/mol. The highest BCUT2D eigenvalue weighted by Crippen LogP contribution is 2.14. The van der Waals surface area contributed by atoms with Gasteiger partial charge in [-0.2, -0.15) is 0 Å². The average Bonchev–Trinajstić information content (AvgIpc) is 1.94. The topological polar surface area (TPSA) is 78.1 Å². The van der Waals surface area contributed by atoms with Crippen LogP contribution in [0.3, 0.4) is 0 Å². The third-order valence-electron chi connectivity index (χ3n) is 2.32. The van der Waals surface area contributed by atoms with Crippen molar-refractivity contribution < 1.29 is 0 Å². The maximum Gasteiger partial charge on any atom is 0.00976 e. The summed E-state index contributed by atoms with van der Waals surface area (Å²) in [6.07, 6.45) is 3.91. The van der Waals surface area contributed by atoms with Crippen LogP contribution in [-0.4, -0.2) is 17.1 Å². The van der Waals surface area contributed by atoms with Crippen LogP contribution < -0.4 is 17.2 Å². The number of rotatable bonds is 6. The maximum absolute atomic E-state index is 5.98. The Bertz CT molecular complexity index is 135. The highest BCUT2D eigenvalue weighted by molar-refractivity contribution is 4.78. The van der Waals surface area contributed by atoms with Gasteiger partial charge in [-0.3, -0.25) is 0 Å². The molecular weight excluding hydrogens is 174 g/mol. The van der Waals surface area contributed by atoms with E-state index in [2.05, 4.69) is 0 Å². The predicted octanol–water partition coefficient (Wildman–Crippen LogP) is 1.35. The van der Waals surface area contributed by atoms with E-state index in [9.17, 15) is 0 Å². The first kappa shape index (κ1) is 13.9. The Kier molecular flexibility index (Phi) is 5.06. The minimum absolute atomic E-state index is 0.101. The van der Waals surface area contributed by atoms with Crippen LogP contribution in [0.4, 0.5) is 0 Å². The third-order valence-corrected chi connectivity index (χ3v) is 2.32. The Balaban J connectivity index is 3.62. The molecule has 0 unspecified atom stereocenters.